The molecule has 0 aromatic heterocycles. The fourth-order valence-electron chi connectivity index (χ4n) is 1.45. The Bertz CT molecular complexity index is 402. The number of hydrogen-bond donors (Lipinski definition) is 3. The number of hydrogen-bond acceptors (Lipinski definition) is 2. The van der Waals surface area contributed by atoms with E-state index in [4.69, 9.17) is 11.1 Å². The summed E-state index contributed by atoms with van der Waals surface area (Å²) < 4.78 is 0. The molecule has 1 amide bonds. The minimum atomic E-state index is -0.154. The van der Waals surface area contributed by atoms with Crippen molar-refractivity contribution in [1.82, 2.24) is 0 Å². The van der Waals surface area contributed by atoms with E-state index in [1.165, 1.54) is 4.90 Å². The van der Waals surface area contributed by atoms with Gasteiger partial charge in [-0.1, -0.05) is 12.1 Å². The Hall–Kier alpha value is -2.04. The third-order valence-electron chi connectivity index (χ3n) is 2.06. The lowest BCUT2D eigenvalue weighted by atomic mass is 10.2. The molecule has 0 bridgehead atoms. The maximum absolute atomic E-state index is 11.2. The second-order valence-corrected chi connectivity index (χ2v) is 3.04. The molecule has 0 aliphatic carbocycles. The highest BCUT2D eigenvalue weighted by Crippen LogP contribution is 2.28. The van der Waals surface area contributed by atoms with Crippen LogP contribution >= 0.6 is 0 Å². The van der Waals surface area contributed by atoms with Crippen LogP contribution < -0.4 is 16.0 Å². The van der Waals surface area contributed by atoms with Crippen molar-refractivity contribution < 1.29 is 4.79 Å². The normalized spacial score (nSPS) is 14.6. The molecule has 4 N–H and O–H groups in total. The molecular weight excluding hydrogens is 180 g/mol. The number of carbonyl (C=O) groups is 1. The molecule has 0 saturated carbocycles. The standard InChI is InChI=1S/C9H10N4O/c10-9(11)13-5-8(14)12-6-3-1-2-4-7(6)13/h1-4H,5H2,(H3,10,11)(H,12,14). The number of guanidine groups is 1. The predicted molar refractivity (Wildman–Crippen MR) is 54.3 cm³/mol. The average molecular weight is 190 g/mol. The maximum Gasteiger partial charge on any atom is 0.244 e. The molecule has 0 atom stereocenters. The molecular formula is C9H10N4O. The van der Waals surface area contributed by atoms with Gasteiger partial charge in [0, 0.05) is 0 Å². The van der Waals surface area contributed by atoms with Gasteiger partial charge in [-0.3, -0.25) is 10.2 Å². The molecule has 72 valence electrons. The Labute approximate surface area is 81.0 Å². The van der Waals surface area contributed by atoms with E-state index in [-0.39, 0.29) is 18.4 Å². The number of nitrogens with one attached hydrogen (secondary N) is 2. The summed E-state index contributed by atoms with van der Waals surface area (Å²) in [5, 5.41) is 10.0. The van der Waals surface area contributed by atoms with Crippen molar-refractivity contribution >= 4 is 23.2 Å². The number of nitrogens with two attached hydrogens (primary N) is 1. The van der Waals surface area contributed by atoms with Crippen LogP contribution in [0.3, 0.4) is 0 Å². The highest BCUT2D eigenvalue weighted by Gasteiger charge is 2.22. The number of fused-ring (bicyclic) bond motifs is 1. The summed E-state index contributed by atoms with van der Waals surface area (Å²) in [5.41, 5.74) is 6.83. The van der Waals surface area contributed by atoms with Gasteiger partial charge in [0.1, 0.15) is 6.54 Å². The van der Waals surface area contributed by atoms with E-state index in [1.54, 1.807) is 6.07 Å². The molecule has 0 spiro atoms. The fraction of sp³-hybridized carbons (Fsp3) is 0.111. The maximum atomic E-state index is 11.2. The van der Waals surface area contributed by atoms with E-state index < -0.39 is 0 Å². The second-order valence-electron chi connectivity index (χ2n) is 3.04. The van der Waals surface area contributed by atoms with E-state index in [1.807, 2.05) is 18.2 Å². The lowest BCUT2D eigenvalue weighted by Crippen LogP contribution is -2.45. The molecule has 1 aromatic rings. The summed E-state index contributed by atoms with van der Waals surface area (Å²) >= 11 is 0. The van der Waals surface area contributed by atoms with Gasteiger partial charge in [-0.2, -0.15) is 0 Å². The van der Waals surface area contributed by atoms with Gasteiger partial charge < -0.3 is 16.0 Å². The SMILES string of the molecule is N=C(N)N1CC(=O)Nc2ccccc21. The zero-order valence-electron chi connectivity index (χ0n) is 7.45. The quantitative estimate of drug-likeness (QED) is 0.407. The van der Waals surface area contributed by atoms with Crippen LogP contribution in [0, 0.1) is 5.41 Å². The Morgan fingerprint density at radius 2 is 2.21 bits per heavy atom. The fourth-order valence-corrected chi connectivity index (χ4v) is 1.45. The zero-order valence-corrected chi connectivity index (χ0v) is 7.45. The summed E-state index contributed by atoms with van der Waals surface area (Å²) in [4.78, 5) is 12.7. The van der Waals surface area contributed by atoms with Crippen LogP contribution in [-0.2, 0) is 4.79 Å². The lowest BCUT2D eigenvalue weighted by Gasteiger charge is -2.28. The van der Waals surface area contributed by atoms with Gasteiger partial charge in [-0.05, 0) is 12.1 Å². The molecule has 0 unspecified atom stereocenters. The van der Waals surface area contributed by atoms with Crippen molar-refractivity contribution in [2.24, 2.45) is 5.73 Å². The zero-order chi connectivity index (χ0) is 10.1. The molecule has 5 nitrogen and oxygen atoms in total. The van der Waals surface area contributed by atoms with Gasteiger partial charge in [0.2, 0.25) is 5.91 Å². The lowest BCUT2D eigenvalue weighted by molar-refractivity contribution is -0.115. The molecule has 1 aromatic carbocycles. The van der Waals surface area contributed by atoms with Gasteiger partial charge in [-0.15, -0.1) is 0 Å². The van der Waals surface area contributed by atoms with Crippen molar-refractivity contribution in [3.63, 3.8) is 0 Å². The van der Waals surface area contributed by atoms with Crippen molar-refractivity contribution in [3.05, 3.63) is 24.3 Å². The van der Waals surface area contributed by atoms with Gasteiger partial charge >= 0.3 is 0 Å². The Balaban J connectivity index is 2.48. The first-order valence-electron chi connectivity index (χ1n) is 4.19. The highest BCUT2D eigenvalue weighted by molar-refractivity contribution is 6.09. The molecule has 1 heterocycles. The summed E-state index contributed by atoms with van der Waals surface area (Å²) in [6, 6.07) is 7.26. The third kappa shape index (κ3) is 1.28. The number of anilines is 2. The van der Waals surface area contributed by atoms with E-state index in [0.29, 0.717) is 5.69 Å². The minimum absolute atomic E-state index is 0.104. The molecule has 1 aliphatic heterocycles. The van der Waals surface area contributed by atoms with Crippen LogP contribution in [0.1, 0.15) is 0 Å². The van der Waals surface area contributed by atoms with Crippen LogP contribution in [0.2, 0.25) is 0 Å². The molecule has 0 radical (unpaired) electrons. The van der Waals surface area contributed by atoms with Gasteiger partial charge in [0.05, 0.1) is 11.4 Å². The number of para-hydroxylation sites is 2. The topological polar surface area (TPSA) is 82.2 Å². The average Bonchev–Trinajstić information content (AvgIpc) is 2.16. The molecule has 14 heavy (non-hydrogen) atoms. The Morgan fingerprint density at radius 1 is 1.50 bits per heavy atom. The van der Waals surface area contributed by atoms with Gasteiger partial charge in [-0.25, -0.2) is 0 Å². The molecule has 0 saturated heterocycles. The number of rotatable bonds is 0. The van der Waals surface area contributed by atoms with E-state index in [0.717, 1.165) is 5.69 Å². The van der Waals surface area contributed by atoms with Crippen molar-refractivity contribution in [3.8, 4) is 0 Å². The van der Waals surface area contributed by atoms with Crippen LogP contribution in [0.15, 0.2) is 24.3 Å². The highest BCUT2D eigenvalue weighted by atomic mass is 16.2. The second kappa shape index (κ2) is 3.02. The van der Waals surface area contributed by atoms with E-state index in [9.17, 15) is 4.79 Å². The minimum Gasteiger partial charge on any atom is -0.370 e. The Morgan fingerprint density at radius 3 is 2.93 bits per heavy atom. The van der Waals surface area contributed by atoms with Crippen LogP contribution in [-0.4, -0.2) is 18.4 Å². The summed E-state index contributed by atoms with van der Waals surface area (Å²) in [6.45, 7) is 0.104. The van der Waals surface area contributed by atoms with Crippen molar-refractivity contribution in [2.75, 3.05) is 16.8 Å². The molecule has 0 fully saturated rings. The van der Waals surface area contributed by atoms with E-state index >= 15 is 0 Å². The number of amides is 1. The Kier molecular flexibility index (Phi) is 1.85. The summed E-state index contributed by atoms with van der Waals surface area (Å²) in [6.07, 6.45) is 0. The third-order valence-corrected chi connectivity index (χ3v) is 2.06. The van der Waals surface area contributed by atoms with Crippen LogP contribution in [0.5, 0.6) is 0 Å². The number of nitrogens with zero attached hydrogens (tertiary/aromatic N) is 1. The molecule has 2 rings (SSSR count). The van der Waals surface area contributed by atoms with Crippen LogP contribution in [0.4, 0.5) is 11.4 Å². The summed E-state index contributed by atoms with van der Waals surface area (Å²) in [7, 11) is 0. The molecule has 1 aliphatic rings. The largest absolute Gasteiger partial charge is 0.370 e. The first kappa shape index (κ1) is 8.55. The first-order chi connectivity index (χ1) is 6.68. The van der Waals surface area contributed by atoms with Gasteiger partial charge in [0.25, 0.3) is 0 Å². The number of carbonyl (C=O) groups excluding carboxylic acids is 1. The molecule has 5 heteroatoms. The van der Waals surface area contributed by atoms with Crippen molar-refractivity contribution in [2.45, 2.75) is 0 Å². The van der Waals surface area contributed by atoms with Crippen molar-refractivity contribution in [1.29, 1.82) is 5.41 Å². The van der Waals surface area contributed by atoms with Gasteiger partial charge in [0.15, 0.2) is 5.96 Å². The first-order valence-corrected chi connectivity index (χ1v) is 4.19. The smallest absolute Gasteiger partial charge is 0.244 e. The summed E-state index contributed by atoms with van der Waals surface area (Å²) in [5.74, 6) is -0.272. The number of benzene rings is 1. The van der Waals surface area contributed by atoms with Crippen LogP contribution in [0.25, 0.3) is 0 Å². The predicted octanol–water partition coefficient (Wildman–Crippen LogP) is 0.339. The van der Waals surface area contributed by atoms with E-state index in [2.05, 4.69) is 5.32 Å². The monoisotopic (exact) mass is 190 g/mol.